The van der Waals surface area contributed by atoms with Crippen molar-refractivity contribution < 1.29 is 23.6 Å². The van der Waals surface area contributed by atoms with E-state index in [9.17, 15) is 14.0 Å². The number of carbonyl (C=O) groups excluding carboxylic acids is 2. The van der Waals surface area contributed by atoms with E-state index in [1.807, 2.05) is 14.0 Å². The van der Waals surface area contributed by atoms with Gasteiger partial charge in [-0.15, -0.1) is 0 Å². The van der Waals surface area contributed by atoms with E-state index in [2.05, 4.69) is 4.98 Å². The molecular formula is C20H26FN2O3+. The second kappa shape index (κ2) is 8.27. The Morgan fingerprint density at radius 2 is 1.85 bits per heavy atom. The van der Waals surface area contributed by atoms with Crippen molar-refractivity contribution >= 4 is 11.8 Å². The molecule has 0 spiro atoms. The summed E-state index contributed by atoms with van der Waals surface area (Å²) in [6.07, 6.45) is 0. The SMILES string of the molecule is CCOC(=O)c1c(C)[nH]c(C(=O)[C@H](C)[NH+](C)Cc2ccc(F)cc2)c1C. The number of rotatable bonds is 7. The van der Waals surface area contributed by atoms with Crippen molar-refractivity contribution in [1.82, 2.24) is 4.98 Å². The number of H-pyrrole nitrogens is 1. The van der Waals surface area contributed by atoms with E-state index in [0.29, 0.717) is 29.1 Å². The van der Waals surface area contributed by atoms with Crippen LogP contribution in [0.2, 0.25) is 0 Å². The monoisotopic (exact) mass is 361 g/mol. The van der Waals surface area contributed by atoms with E-state index >= 15 is 0 Å². The van der Waals surface area contributed by atoms with Gasteiger partial charge < -0.3 is 14.6 Å². The first-order valence-electron chi connectivity index (χ1n) is 8.73. The van der Waals surface area contributed by atoms with Gasteiger partial charge in [-0.05, 0) is 45.4 Å². The molecule has 2 atom stereocenters. The fraction of sp³-hybridized carbons (Fsp3) is 0.400. The third kappa shape index (κ3) is 4.19. The Kier molecular flexibility index (Phi) is 6.32. The number of carbonyl (C=O) groups is 2. The molecule has 1 aromatic carbocycles. The lowest BCUT2D eigenvalue weighted by atomic mass is 10.0. The summed E-state index contributed by atoms with van der Waals surface area (Å²) in [6.45, 7) is 7.99. The Morgan fingerprint density at radius 3 is 2.42 bits per heavy atom. The minimum Gasteiger partial charge on any atom is -0.462 e. The van der Waals surface area contributed by atoms with Gasteiger partial charge in [0.15, 0.2) is 6.04 Å². The zero-order valence-corrected chi connectivity index (χ0v) is 15.9. The van der Waals surface area contributed by atoms with Gasteiger partial charge in [-0.3, -0.25) is 4.79 Å². The van der Waals surface area contributed by atoms with Crippen molar-refractivity contribution in [1.29, 1.82) is 0 Å². The third-order valence-electron chi connectivity index (χ3n) is 4.69. The summed E-state index contributed by atoms with van der Waals surface area (Å²) in [7, 11) is 1.92. The fourth-order valence-corrected chi connectivity index (χ4v) is 3.02. The normalized spacial score (nSPS) is 13.3. The third-order valence-corrected chi connectivity index (χ3v) is 4.69. The molecule has 0 bridgehead atoms. The molecule has 140 valence electrons. The first kappa shape index (κ1) is 19.8. The Hall–Kier alpha value is -2.47. The highest BCUT2D eigenvalue weighted by atomic mass is 19.1. The summed E-state index contributed by atoms with van der Waals surface area (Å²) in [5.41, 5.74) is 3.07. The second-order valence-corrected chi connectivity index (χ2v) is 6.58. The minimum atomic E-state index is -0.419. The van der Waals surface area contributed by atoms with Crippen LogP contribution in [0.25, 0.3) is 0 Å². The van der Waals surface area contributed by atoms with Crippen LogP contribution in [0.1, 0.15) is 51.5 Å². The number of quaternary nitrogens is 1. The summed E-state index contributed by atoms with van der Waals surface area (Å²) in [4.78, 5) is 29.1. The number of hydrogen-bond donors (Lipinski definition) is 2. The number of halogens is 1. The maximum atomic E-state index is 13.0. The number of aromatic nitrogens is 1. The van der Waals surface area contributed by atoms with Gasteiger partial charge in [0.1, 0.15) is 12.4 Å². The number of benzene rings is 1. The molecule has 1 aromatic heterocycles. The van der Waals surface area contributed by atoms with Crippen molar-refractivity contribution in [3.05, 3.63) is 58.2 Å². The topological polar surface area (TPSA) is 63.6 Å². The molecule has 2 rings (SSSR count). The average molecular weight is 361 g/mol. The minimum absolute atomic E-state index is 0.0687. The van der Waals surface area contributed by atoms with Crippen LogP contribution in [0.5, 0.6) is 0 Å². The molecule has 6 heteroatoms. The van der Waals surface area contributed by atoms with Gasteiger partial charge in [0.2, 0.25) is 5.78 Å². The summed E-state index contributed by atoms with van der Waals surface area (Å²) < 4.78 is 18.1. The van der Waals surface area contributed by atoms with Crippen molar-refractivity contribution in [2.75, 3.05) is 13.7 Å². The molecule has 2 aromatic rings. The molecule has 0 fully saturated rings. The molecule has 1 unspecified atom stereocenters. The summed E-state index contributed by atoms with van der Waals surface area (Å²) in [5, 5.41) is 0. The number of ether oxygens (including phenoxy) is 1. The maximum Gasteiger partial charge on any atom is 0.340 e. The molecule has 0 aliphatic heterocycles. The van der Waals surface area contributed by atoms with Gasteiger partial charge >= 0.3 is 5.97 Å². The van der Waals surface area contributed by atoms with Crippen LogP contribution < -0.4 is 4.90 Å². The smallest absolute Gasteiger partial charge is 0.340 e. The van der Waals surface area contributed by atoms with Crippen LogP contribution in [0.4, 0.5) is 4.39 Å². The van der Waals surface area contributed by atoms with E-state index in [-0.39, 0.29) is 24.2 Å². The molecule has 2 N–H and O–H groups in total. The van der Waals surface area contributed by atoms with Crippen LogP contribution in [-0.2, 0) is 11.3 Å². The molecule has 1 heterocycles. The van der Waals surface area contributed by atoms with E-state index < -0.39 is 5.97 Å². The fourth-order valence-electron chi connectivity index (χ4n) is 3.02. The number of aromatic amines is 1. The second-order valence-electron chi connectivity index (χ2n) is 6.58. The Morgan fingerprint density at radius 1 is 1.23 bits per heavy atom. The highest BCUT2D eigenvalue weighted by Gasteiger charge is 2.29. The number of likely N-dealkylation sites (N-methyl/N-ethyl adjacent to an activating group) is 1. The predicted molar refractivity (Wildman–Crippen MR) is 97.0 cm³/mol. The maximum absolute atomic E-state index is 13.0. The predicted octanol–water partition coefficient (Wildman–Crippen LogP) is 2.23. The van der Waals surface area contributed by atoms with E-state index in [0.717, 1.165) is 10.5 Å². The van der Waals surface area contributed by atoms with Crippen molar-refractivity contribution in [2.45, 2.75) is 40.3 Å². The molecule has 0 saturated carbocycles. The number of ketones is 1. The molecule has 0 saturated heterocycles. The van der Waals surface area contributed by atoms with Crippen LogP contribution >= 0.6 is 0 Å². The largest absolute Gasteiger partial charge is 0.462 e. The van der Waals surface area contributed by atoms with Crippen LogP contribution in [-0.4, -0.2) is 36.4 Å². The average Bonchev–Trinajstić information content (AvgIpc) is 2.90. The molecular weight excluding hydrogens is 335 g/mol. The molecule has 5 nitrogen and oxygen atoms in total. The Balaban J connectivity index is 2.18. The first-order chi connectivity index (χ1) is 12.3. The van der Waals surface area contributed by atoms with Gasteiger partial charge in [0.25, 0.3) is 0 Å². The highest BCUT2D eigenvalue weighted by Crippen LogP contribution is 2.20. The van der Waals surface area contributed by atoms with E-state index in [1.54, 1.807) is 32.9 Å². The lowest BCUT2D eigenvalue weighted by molar-refractivity contribution is -0.907. The summed E-state index contributed by atoms with van der Waals surface area (Å²) in [5.74, 6) is -0.766. The number of nitrogens with one attached hydrogen (secondary N) is 2. The highest BCUT2D eigenvalue weighted by molar-refractivity contribution is 6.03. The van der Waals surface area contributed by atoms with Crippen LogP contribution in [0.3, 0.4) is 0 Å². The summed E-state index contributed by atoms with van der Waals surface area (Å²) >= 11 is 0. The van der Waals surface area contributed by atoms with E-state index in [4.69, 9.17) is 4.74 Å². The molecule has 26 heavy (non-hydrogen) atoms. The number of Topliss-reactive ketones (excluding diaryl/α,β-unsaturated/α-hetero) is 1. The lowest BCUT2D eigenvalue weighted by Gasteiger charge is -2.20. The van der Waals surface area contributed by atoms with Crippen LogP contribution in [0.15, 0.2) is 24.3 Å². The van der Waals surface area contributed by atoms with Gasteiger partial charge in [-0.2, -0.15) is 0 Å². The van der Waals surface area contributed by atoms with Crippen molar-refractivity contribution in [3.8, 4) is 0 Å². The molecule has 0 radical (unpaired) electrons. The first-order valence-corrected chi connectivity index (χ1v) is 8.73. The van der Waals surface area contributed by atoms with Gasteiger partial charge in [-0.1, -0.05) is 12.1 Å². The Bertz CT molecular complexity index is 796. The van der Waals surface area contributed by atoms with Crippen molar-refractivity contribution in [2.24, 2.45) is 0 Å². The van der Waals surface area contributed by atoms with Crippen LogP contribution in [0, 0.1) is 19.7 Å². The van der Waals surface area contributed by atoms with Crippen molar-refractivity contribution in [3.63, 3.8) is 0 Å². The standard InChI is InChI=1S/C20H25FN2O3/c1-6-26-20(25)17-12(2)18(22-13(17)3)19(24)14(4)23(5)11-15-7-9-16(21)10-8-15/h7-10,14,22H,6,11H2,1-5H3/p+1/t14-/m0/s1. The molecule has 0 amide bonds. The number of aryl methyl sites for hydroxylation is 1. The lowest BCUT2D eigenvalue weighted by Crippen LogP contribution is -3.12. The zero-order valence-electron chi connectivity index (χ0n) is 15.9. The van der Waals surface area contributed by atoms with Gasteiger partial charge in [0.05, 0.1) is 24.9 Å². The quantitative estimate of drug-likeness (QED) is 0.587. The van der Waals surface area contributed by atoms with Gasteiger partial charge in [-0.25, -0.2) is 9.18 Å². The zero-order chi connectivity index (χ0) is 19.4. The molecule has 0 aliphatic carbocycles. The number of hydrogen-bond acceptors (Lipinski definition) is 3. The molecule has 0 aliphatic rings. The number of esters is 1. The van der Waals surface area contributed by atoms with Gasteiger partial charge in [0, 0.05) is 11.3 Å². The Labute approximate surface area is 153 Å². The summed E-state index contributed by atoms with van der Waals surface area (Å²) in [6, 6.07) is 5.95. The van der Waals surface area contributed by atoms with E-state index in [1.165, 1.54) is 12.1 Å².